The number of hydrogen-bond donors (Lipinski definition) is 0. The molecule has 0 aliphatic heterocycles. The minimum Gasteiger partial charge on any atom is -0.458 e. The van der Waals surface area contributed by atoms with Gasteiger partial charge in [0.15, 0.2) is 0 Å². The van der Waals surface area contributed by atoms with Crippen molar-refractivity contribution in [1.82, 2.24) is 4.57 Å². The van der Waals surface area contributed by atoms with Gasteiger partial charge in [0.05, 0.1) is 5.56 Å². The Labute approximate surface area is 170 Å². The van der Waals surface area contributed by atoms with E-state index in [1.807, 2.05) is 30.3 Å². The molecule has 1 aromatic heterocycles. The molecular formula is C26H23NO2. The van der Waals surface area contributed by atoms with Gasteiger partial charge in [-0.25, -0.2) is 4.79 Å². The van der Waals surface area contributed by atoms with Gasteiger partial charge in [-0.05, 0) is 42.2 Å². The molecular weight excluding hydrogens is 358 g/mol. The number of benzene rings is 3. The van der Waals surface area contributed by atoms with Crippen molar-refractivity contribution in [2.75, 3.05) is 0 Å². The maximum absolute atomic E-state index is 12.5. The molecule has 0 radical (unpaired) electrons. The second-order valence-corrected chi connectivity index (χ2v) is 7.65. The first-order valence-electron chi connectivity index (χ1n) is 10.2. The van der Waals surface area contributed by atoms with Crippen molar-refractivity contribution in [2.45, 2.75) is 31.9 Å². The van der Waals surface area contributed by atoms with Crippen molar-refractivity contribution < 1.29 is 9.53 Å². The van der Waals surface area contributed by atoms with Crippen LogP contribution in [0.15, 0.2) is 84.9 Å². The zero-order valence-corrected chi connectivity index (χ0v) is 16.3. The number of rotatable bonds is 4. The highest BCUT2D eigenvalue weighted by atomic mass is 16.5. The van der Waals surface area contributed by atoms with Crippen LogP contribution in [0.5, 0.6) is 0 Å². The minimum atomic E-state index is -0.230. The second-order valence-electron chi connectivity index (χ2n) is 7.65. The zero-order valence-electron chi connectivity index (χ0n) is 16.3. The first-order chi connectivity index (χ1) is 14.3. The van der Waals surface area contributed by atoms with Gasteiger partial charge in [-0.2, -0.15) is 0 Å². The minimum absolute atomic E-state index is 0.0776. The molecule has 0 amide bonds. The van der Waals surface area contributed by atoms with Crippen LogP contribution in [0.3, 0.4) is 0 Å². The summed E-state index contributed by atoms with van der Waals surface area (Å²) in [5.74, 6) is -0.230. The number of fused-ring (bicyclic) bond motifs is 3. The quantitative estimate of drug-likeness (QED) is 0.443. The van der Waals surface area contributed by atoms with E-state index in [1.54, 1.807) is 0 Å². The highest BCUT2D eigenvalue weighted by Crippen LogP contribution is 2.34. The maximum atomic E-state index is 12.5. The first-order valence-corrected chi connectivity index (χ1v) is 10.2. The Morgan fingerprint density at radius 3 is 2.38 bits per heavy atom. The summed E-state index contributed by atoms with van der Waals surface area (Å²) in [6.07, 6.45) is 2.47. The van der Waals surface area contributed by atoms with Crippen LogP contribution in [0.2, 0.25) is 0 Å². The smallest absolute Gasteiger partial charge is 0.338 e. The molecule has 29 heavy (non-hydrogen) atoms. The molecule has 0 N–H and O–H groups in total. The number of ether oxygens (including phenoxy) is 1. The van der Waals surface area contributed by atoms with E-state index in [4.69, 9.17) is 4.74 Å². The van der Waals surface area contributed by atoms with Crippen LogP contribution in [0.1, 0.15) is 33.6 Å². The Balaban J connectivity index is 1.45. The number of esters is 1. The lowest BCUT2D eigenvalue weighted by molar-refractivity contribution is 0.0270. The second kappa shape index (κ2) is 7.59. The summed E-state index contributed by atoms with van der Waals surface area (Å²) < 4.78 is 8.30. The van der Waals surface area contributed by atoms with Gasteiger partial charge in [-0.1, -0.05) is 66.7 Å². The fourth-order valence-corrected chi connectivity index (χ4v) is 4.41. The molecule has 0 spiro atoms. The van der Waals surface area contributed by atoms with E-state index in [-0.39, 0.29) is 12.1 Å². The van der Waals surface area contributed by atoms with Crippen molar-refractivity contribution in [1.29, 1.82) is 0 Å². The lowest BCUT2D eigenvalue weighted by Gasteiger charge is -2.24. The van der Waals surface area contributed by atoms with E-state index in [9.17, 15) is 4.79 Å². The molecule has 3 aromatic carbocycles. The van der Waals surface area contributed by atoms with Crippen LogP contribution in [0.25, 0.3) is 10.9 Å². The summed E-state index contributed by atoms with van der Waals surface area (Å²) in [7, 11) is 0. The Hall–Kier alpha value is -3.33. The molecule has 5 rings (SSSR count). The topological polar surface area (TPSA) is 31.2 Å². The van der Waals surface area contributed by atoms with Gasteiger partial charge in [0.2, 0.25) is 0 Å². The summed E-state index contributed by atoms with van der Waals surface area (Å²) in [5.41, 5.74) is 5.88. The van der Waals surface area contributed by atoms with Gasteiger partial charge in [0.1, 0.15) is 6.10 Å². The van der Waals surface area contributed by atoms with E-state index in [2.05, 4.69) is 59.2 Å². The molecule has 4 aromatic rings. The fraction of sp³-hybridized carbons (Fsp3) is 0.192. The van der Waals surface area contributed by atoms with Crippen molar-refractivity contribution in [3.05, 3.63) is 107 Å². The van der Waals surface area contributed by atoms with Crippen LogP contribution >= 0.6 is 0 Å². The first kappa shape index (κ1) is 17.7. The van der Waals surface area contributed by atoms with Gasteiger partial charge in [-0.3, -0.25) is 0 Å². The molecule has 0 saturated heterocycles. The molecule has 0 bridgehead atoms. The summed E-state index contributed by atoms with van der Waals surface area (Å²) in [4.78, 5) is 12.5. The third kappa shape index (κ3) is 3.44. The predicted molar refractivity (Wildman–Crippen MR) is 115 cm³/mol. The lowest BCUT2D eigenvalue weighted by Crippen LogP contribution is -2.26. The molecule has 1 unspecified atom stereocenters. The van der Waals surface area contributed by atoms with Gasteiger partial charge in [-0.15, -0.1) is 0 Å². The van der Waals surface area contributed by atoms with Crippen molar-refractivity contribution in [2.24, 2.45) is 0 Å². The summed E-state index contributed by atoms with van der Waals surface area (Å²) >= 11 is 0. The molecule has 0 saturated carbocycles. The standard InChI is InChI=1S/C26H23NO2/c28-26(20-11-5-2-6-12-20)29-21-15-16-25-23(17-21)22-13-7-8-14-24(22)27(25)18-19-9-3-1-4-10-19/h1-14,21H,15-18H2. The summed E-state index contributed by atoms with van der Waals surface area (Å²) in [6, 6.07) is 28.4. The van der Waals surface area contributed by atoms with Gasteiger partial charge in [0, 0.05) is 29.6 Å². The van der Waals surface area contributed by atoms with E-state index in [0.29, 0.717) is 5.56 Å². The molecule has 1 heterocycles. The van der Waals surface area contributed by atoms with E-state index < -0.39 is 0 Å². The van der Waals surface area contributed by atoms with Crippen LogP contribution in [0.4, 0.5) is 0 Å². The van der Waals surface area contributed by atoms with Crippen LogP contribution in [-0.2, 0) is 24.1 Å². The third-order valence-electron chi connectivity index (χ3n) is 5.80. The van der Waals surface area contributed by atoms with Gasteiger partial charge >= 0.3 is 5.97 Å². The van der Waals surface area contributed by atoms with Crippen molar-refractivity contribution in [3.63, 3.8) is 0 Å². The van der Waals surface area contributed by atoms with E-state index >= 15 is 0 Å². The molecule has 1 aliphatic rings. The molecule has 0 fully saturated rings. The molecule has 3 nitrogen and oxygen atoms in total. The molecule has 3 heteroatoms. The van der Waals surface area contributed by atoms with Crippen molar-refractivity contribution in [3.8, 4) is 0 Å². The Morgan fingerprint density at radius 2 is 1.59 bits per heavy atom. The third-order valence-corrected chi connectivity index (χ3v) is 5.80. The number of carbonyl (C=O) groups excluding carboxylic acids is 1. The summed E-state index contributed by atoms with van der Waals surface area (Å²) in [5, 5.41) is 1.28. The average Bonchev–Trinajstić information content (AvgIpc) is 3.08. The van der Waals surface area contributed by atoms with Crippen molar-refractivity contribution >= 4 is 16.9 Å². The van der Waals surface area contributed by atoms with E-state index in [1.165, 1.54) is 27.7 Å². The number of hydrogen-bond acceptors (Lipinski definition) is 2. The van der Waals surface area contributed by atoms with Gasteiger partial charge < -0.3 is 9.30 Å². The monoisotopic (exact) mass is 381 g/mol. The molecule has 1 aliphatic carbocycles. The highest BCUT2D eigenvalue weighted by Gasteiger charge is 2.27. The number of carbonyl (C=O) groups is 1. The highest BCUT2D eigenvalue weighted by molar-refractivity contribution is 5.89. The van der Waals surface area contributed by atoms with Crippen LogP contribution in [0, 0.1) is 0 Å². The predicted octanol–water partition coefficient (Wildman–Crippen LogP) is 5.40. The van der Waals surface area contributed by atoms with Crippen LogP contribution < -0.4 is 0 Å². The SMILES string of the molecule is O=C(OC1CCc2c(c3ccccc3n2Cc2ccccc2)C1)c1ccccc1. The largest absolute Gasteiger partial charge is 0.458 e. The number of aromatic nitrogens is 1. The fourth-order valence-electron chi connectivity index (χ4n) is 4.41. The zero-order chi connectivity index (χ0) is 19.6. The normalized spacial score (nSPS) is 15.8. The number of nitrogens with zero attached hydrogens (tertiary/aromatic N) is 1. The Morgan fingerprint density at radius 1 is 0.897 bits per heavy atom. The Kier molecular flexibility index (Phi) is 4.65. The average molecular weight is 381 g/mol. The van der Waals surface area contributed by atoms with Crippen LogP contribution in [-0.4, -0.2) is 16.6 Å². The molecule has 144 valence electrons. The van der Waals surface area contributed by atoms with Gasteiger partial charge in [0.25, 0.3) is 0 Å². The molecule has 1 atom stereocenters. The summed E-state index contributed by atoms with van der Waals surface area (Å²) in [6.45, 7) is 0.866. The maximum Gasteiger partial charge on any atom is 0.338 e. The Bertz CT molecular complexity index is 1150. The van der Waals surface area contributed by atoms with E-state index in [0.717, 1.165) is 25.8 Å². The number of para-hydroxylation sites is 1. The lowest BCUT2D eigenvalue weighted by atomic mass is 9.93.